The van der Waals surface area contributed by atoms with Crippen molar-refractivity contribution in [2.75, 3.05) is 0 Å². The van der Waals surface area contributed by atoms with Crippen molar-refractivity contribution >= 4 is 10.9 Å². The van der Waals surface area contributed by atoms with Gasteiger partial charge in [-0.25, -0.2) is 0 Å². The van der Waals surface area contributed by atoms with Crippen molar-refractivity contribution in [3.05, 3.63) is 30.0 Å². The van der Waals surface area contributed by atoms with Crippen molar-refractivity contribution in [3.8, 4) is 0 Å². The van der Waals surface area contributed by atoms with Gasteiger partial charge in [0.05, 0.1) is 11.2 Å². The Morgan fingerprint density at radius 2 is 2.00 bits per heavy atom. The highest BCUT2D eigenvalue weighted by Gasteiger charge is 2.31. The van der Waals surface area contributed by atoms with Crippen LogP contribution in [0.2, 0.25) is 0 Å². The molecule has 3 heteroatoms. The van der Waals surface area contributed by atoms with E-state index in [4.69, 9.17) is 5.73 Å². The number of para-hydroxylation sites is 1. The van der Waals surface area contributed by atoms with E-state index in [1.165, 1.54) is 23.7 Å². The number of rotatable bonds is 2. The second kappa shape index (κ2) is 3.84. The van der Waals surface area contributed by atoms with Gasteiger partial charge in [-0.05, 0) is 18.9 Å². The molecule has 0 atom stereocenters. The van der Waals surface area contributed by atoms with E-state index >= 15 is 0 Å². The van der Waals surface area contributed by atoms with Gasteiger partial charge in [0.2, 0.25) is 0 Å². The molecule has 90 valence electrons. The molecule has 1 aliphatic carbocycles. The summed E-state index contributed by atoms with van der Waals surface area (Å²) in [5, 5.41) is 5.89. The van der Waals surface area contributed by atoms with Crippen LogP contribution in [0.1, 0.15) is 31.4 Å². The predicted octanol–water partition coefficient (Wildman–Crippen LogP) is 2.39. The fourth-order valence-electron chi connectivity index (χ4n) is 3.01. The van der Waals surface area contributed by atoms with E-state index in [0.717, 1.165) is 25.0 Å². The van der Waals surface area contributed by atoms with Gasteiger partial charge in [0.25, 0.3) is 0 Å². The molecule has 0 radical (unpaired) electrons. The maximum absolute atomic E-state index is 6.44. The number of fused-ring (bicyclic) bond motifs is 1. The summed E-state index contributed by atoms with van der Waals surface area (Å²) in [4.78, 5) is 0. The maximum atomic E-state index is 6.44. The third kappa shape index (κ3) is 1.84. The SMILES string of the molecule is Cn1nc(CC2(N)CCCC2)c2ccccc21. The van der Waals surface area contributed by atoms with Gasteiger partial charge >= 0.3 is 0 Å². The second-order valence-corrected chi connectivity index (χ2v) is 5.33. The summed E-state index contributed by atoms with van der Waals surface area (Å²) in [7, 11) is 2.00. The molecule has 2 aromatic rings. The minimum atomic E-state index is -0.0167. The van der Waals surface area contributed by atoms with Gasteiger partial charge in [0, 0.05) is 24.4 Å². The Balaban J connectivity index is 2.00. The molecular formula is C14H19N3. The zero-order valence-electron chi connectivity index (χ0n) is 10.3. The molecule has 0 unspecified atom stereocenters. The highest BCUT2D eigenvalue weighted by atomic mass is 15.3. The summed E-state index contributed by atoms with van der Waals surface area (Å²) < 4.78 is 1.96. The number of aryl methyl sites for hydroxylation is 1. The monoisotopic (exact) mass is 229 g/mol. The molecule has 17 heavy (non-hydrogen) atoms. The molecule has 0 bridgehead atoms. The summed E-state index contributed by atoms with van der Waals surface area (Å²) in [6.07, 6.45) is 5.71. The van der Waals surface area contributed by atoms with Crippen molar-refractivity contribution < 1.29 is 0 Å². The molecule has 0 amide bonds. The van der Waals surface area contributed by atoms with Crippen LogP contribution in [0.4, 0.5) is 0 Å². The quantitative estimate of drug-likeness (QED) is 0.859. The van der Waals surface area contributed by atoms with Crippen LogP contribution >= 0.6 is 0 Å². The number of benzene rings is 1. The summed E-state index contributed by atoms with van der Waals surface area (Å²) in [5.74, 6) is 0. The van der Waals surface area contributed by atoms with Gasteiger partial charge in [-0.1, -0.05) is 31.0 Å². The lowest BCUT2D eigenvalue weighted by Gasteiger charge is -2.22. The molecule has 1 saturated carbocycles. The minimum Gasteiger partial charge on any atom is -0.325 e. The van der Waals surface area contributed by atoms with Crippen LogP contribution in [0.5, 0.6) is 0 Å². The number of hydrogen-bond donors (Lipinski definition) is 1. The Hall–Kier alpha value is -1.35. The van der Waals surface area contributed by atoms with Crippen LogP contribution in [-0.2, 0) is 13.5 Å². The van der Waals surface area contributed by atoms with Gasteiger partial charge in [-0.2, -0.15) is 5.10 Å². The lowest BCUT2D eigenvalue weighted by molar-refractivity contribution is 0.431. The van der Waals surface area contributed by atoms with Crippen LogP contribution in [0.3, 0.4) is 0 Å². The third-order valence-corrected chi connectivity index (χ3v) is 3.95. The average molecular weight is 229 g/mol. The van der Waals surface area contributed by atoms with Crippen LogP contribution in [0, 0.1) is 0 Å². The lowest BCUT2D eigenvalue weighted by Crippen LogP contribution is -2.38. The fraction of sp³-hybridized carbons (Fsp3) is 0.500. The lowest BCUT2D eigenvalue weighted by atomic mass is 9.92. The normalized spacial score (nSPS) is 18.9. The van der Waals surface area contributed by atoms with Crippen molar-refractivity contribution in [2.24, 2.45) is 12.8 Å². The number of nitrogens with zero attached hydrogens (tertiary/aromatic N) is 2. The smallest absolute Gasteiger partial charge is 0.0721 e. The second-order valence-electron chi connectivity index (χ2n) is 5.33. The van der Waals surface area contributed by atoms with E-state index in [9.17, 15) is 0 Å². The Kier molecular flexibility index (Phi) is 2.44. The molecule has 0 aliphatic heterocycles. The molecule has 1 fully saturated rings. The molecule has 1 aromatic carbocycles. The Morgan fingerprint density at radius 1 is 1.29 bits per heavy atom. The maximum Gasteiger partial charge on any atom is 0.0721 e. The topological polar surface area (TPSA) is 43.8 Å². The molecule has 0 saturated heterocycles. The average Bonchev–Trinajstić information content (AvgIpc) is 2.86. The van der Waals surface area contributed by atoms with Gasteiger partial charge < -0.3 is 5.73 Å². The van der Waals surface area contributed by atoms with Gasteiger partial charge in [0.1, 0.15) is 0 Å². The Morgan fingerprint density at radius 3 is 2.76 bits per heavy atom. The largest absolute Gasteiger partial charge is 0.325 e. The van der Waals surface area contributed by atoms with Crippen LogP contribution < -0.4 is 5.73 Å². The van der Waals surface area contributed by atoms with Crippen LogP contribution in [-0.4, -0.2) is 15.3 Å². The standard InChI is InChI=1S/C14H19N3/c1-17-13-7-3-2-6-11(13)12(16-17)10-14(15)8-4-5-9-14/h2-3,6-7H,4-5,8-10,15H2,1H3. The van der Waals surface area contributed by atoms with Gasteiger partial charge in [-0.3, -0.25) is 4.68 Å². The first kappa shape index (κ1) is 10.8. The van der Waals surface area contributed by atoms with E-state index < -0.39 is 0 Å². The molecule has 1 aromatic heterocycles. The van der Waals surface area contributed by atoms with E-state index in [0.29, 0.717) is 0 Å². The summed E-state index contributed by atoms with van der Waals surface area (Å²) in [6, 6.07) is 8.40. The zero-order valence-corrected chi connectivity index (χ0v) is 10.3. The molecule has 1 aliphatic rings. The molecular weight excluding hydrogens is 210 g/mol. The molecule has 0 spiro atoms. The van der Waals surface area contributed by atoms with Crippen molar-refractivity contribution in [3.63, 3.8) is 0 Å². The zero-order chi connectivity index (χ0) is 11.9. The van der Waals surface area contributed by atoms with Crippen LogP contribution in [0.25, 0.3) is 10.9 Å². The fourth-order valence-corrected chi connectivity index (χ4v) is 3.01. The summed E-state index contributed by atoms with van der Waals surface area (Å²) in [6.45, 7) is 0. The molecule has 3 rings (SSSR count). The molecule has 3 nitrogen and oxygen atoms in total. The highest BCUT2D eigenvalue weighted by Crippen LogP contribution is 2.31. The van der Waals surface area contributed by atoms with Gasteiger partial charge in [0.15, 0.2) is 0 Å². The van der Waals surface area contributed by atoms with Crippen molar-refractivity contribution in [1.82, 2.24) is 9.78 Å². The Labute approximate surface area is 102 Å². The van der Waals surface area contributed by atoms with Crippen molar-refractivity contribution in [1.29, 1.82) is 0 Å². The molecule has 2 N–H and O–H groups in total. The number of nitrogens with two attached hydrogens (primary N) is 1. The van der Waals surface area contributed by atoms with Gasteiger partial charge in [-0.15, -0.1) is 0 Å². The molecule has 1 heterocycles. The van der Waals surface area contributed by atoms with Crippen molar-refractivity contribution in [2.45, 2.75) is 37.6 Å². The third-order valence-electron chi connectivity index (χ3n) is 3.95. The first-order chi connectivity index (χ1) is 8.18. The predicted molar refractivity (Wildman–Crippen MR) is 69.8 cm³/mol. The van der Waals surface area contributed by atoms with E-state index in [1.54, 1.807) is 0 Å². The highest BCUT2D eigenvalue weighted by molar-refractivity contribution is 5.81. The van der Waals surface area contributed by atoms with E-state index in [2.05, 4.69) is 29.4 Å². The summed E-state index contributed by atoms with van der Waals surface area (Å²) >= 11 is 0. The number of hydrogen-bond acceptors (Lipinski definition) is 2. The first-order valence-electron chi connectivity index (χ1n) is 6.37. The Bertz CT molecular complexity index is 535. The van der Waals surface area contributed by atoms with E-state index in [1.807, 2.05) is 11.7 Å². The number of aromatic nitrogens is 2. The minimum absolute atomic E-state index is 0.0167. The van der Waals surface area contributed by atoms with Crippen LogP contribution in [0.15, 0.2) is 24.3 Å². The first-order valence-corrected chi connectivity index (χ1v) is 6.37. The van der Waals surface area contributed by atoms with E-state index in [-0.39, 0.29) is 5.54 Å². The summed E-state index contributed by atoms with van der Waals surface area (Å²) in [5.41, 5.74) is 8.78.